The van der Waals surface area contributed by atoms with Crippen molar-refractivity contribution >= 4 is 5.96 Å². The topological polar surface area (TPSA) is 118 Å². The van der Waals surface area contributed by atoms with Crippen molar-refractivity contribution in [1.29, 1.82) is 5.53 Å². The van der Waals surface area contributed by atoms with Crippen LogP contribution in [0.15, 0.2) is 10.2 Å². The molecule has 44 valence electrons. The van der Waals surface area contributed by atoms with Crippen LogP contribution in [0.25, 0.3) is 0 Å². The smallest absolute Gasteiger partial charge is 0.390 e. The van der Waals surface area contributed by atoms with E-state index in [2.05, 4.69) is 16.1 Å². The van der Waals surface area contributed by atoms with Gasteiger partial charge < -0.3 is 10.1 Å². The molecule has 8 heavy (non-hydrogen) atoms. The van der Waals surface area contributed by atoms with Crippen LogP contribution >= 0.6 is 0 Å². The van der Waals surface area contributed by atoms with E-state index in [1.54, 1.807) is 0 Å². The summed E-state index contributed by atoms with van der Waals surface area (Å²) in [5.74, 6) is 3.52. The lowest BCUT2D eigenvalue weighted by molar-refractivity contribution is -0.353. The Kier molecular flexibility index (Phi) is 2.11. The molecule has 0 spiro atoms. The highest BCUT2D eigenvalue weighted by atomic mass is 16.6. The van der Waals surface area contributed by atoms with Gasteiger partial charge in [0.25, 0.3) is 0 Å². The van der Waals surface area contributed by atoms with Gasteiger partial charge in [0.1, 0.15) is 0 Å². The van der Waals surface area contributed by atoms with Gasteiger partial charge in [0.2, 0.25) is 0 Å². The molecule has 0 heterocycles. The number of guanidine groups is 1. The van der Waals surface area contributed by atoms with Crippen LogP contribution in [0.4, 0.5) is 0 Å². The molecule has 0 radical (unpaired) electrons. The molecule has 0 saturated carbocycles. The first-order chi connectivity index (χ1) is 3.72. The molecule has 7 heteroatoms. The molecule has 0 aromatic rings. The highest BCUT2D eigenvalue weighted by Crippen LogP contribution is 1.75. The van der Waals surface area contributed by atoms with E-state index in [0.29, 0.717) is 0 Å². The molecule has 0 aromatic heterocycles. The van der Waals surface area contributed by atoms with Gasteiger partial charge in [-0.05, 0) is 4.92 Å². The van der Waals surface area contributed by atoms with Gasteiger partial charge in [-0.1, -0.05) is 0 Å². The van der Waals surface area contributed by atoms with Gasteiger partial charge in [0.05, 0.1) is 0 Å². The van der Waals surface area contributed by atoms with Crippen molar-refractivity contribution < 1.29 is 4.92 Å². The van der Waals surface area contributed by atoms with Crippen molar-refractivity contribution in [3.8, 4) is 0 Å². The van der Waals surface area contributed by atoms with Crippen LogP contribution < -0.4 is 5.84 Å². The molecule has 3 N–H and O–H groups in total. The van der Waals surface area contributed by atoms with Crippen LogP contribution in [0.5, 0.6) is 0 Å². The Hall–Kier alpha value is -1.53. The maximum absolute atomic E-state index is 9.54. The standard InChI is InChI=1S/CH3N5O2/c2-4-1(5-3)6(7)8/h2H,3H2. The average Bonchev–Trinajstić information content (AvgIpc) is 1.69. The van der Waals surface area contributed by atoms with Crippen molar-refractivity contribution in [1.82, 2.24) is 0 Å². The van der Waals surface area contributed by atoms with Gasteiger partial charge in [-0.15, -0.1) is 5.53 Å². The number of rotatable bonds is 0. The molecule has 0 aliphatic heterocycles. The minimum atomic E-state index is -0.951. The summed E-state index contributed by atoms with van der Waals surface area (Å²) in [6, 6.07) is 0. The van der Waals surface area contributed by atoms with Crippen LogP contribution in [0.2, 0.25) is 0 Å². The van der Waals surface area contributed by atoms with Crippen molar-refractivity contribution in [2.75, 3.05) is 0 Å². The predicted octanol–water partition coefficient (Wildman–Crippen LogP) is -0.476. The van der Waals surface area contributed by atoms with E-state index in [-0.39, 0.29) is 0 Å². The molecule has 0 rings (SSSR count). The molecule has 0 aliphatic rings. The number of hydrazone groups is 1. The molecule has 0 amide bonds. The SMILES string of the molecule is N=NC(=NN)[N+](=O)[O-]. The lowest BCUT2D eigenvalue weighted by Gasteiger charge is -1.84. The lowest BCUT2D eigenvalue weighted by Crippen LogP contribution is -2.09. The normalized spacial score (nSPS) is 10.8. The third kappa shape index (κ3) is 1.29. The van der Waals surface area contributed by atoms with Crippen LogP contribution in [0, 0.1) is 15.6 Å². The number of hydrogen-bond acceptors (Lipinski definition) is 5. The summed E-state index contributed by atoms with van der Waals surface area (Å²) in [5, 5.41) is 14.5. The second-order valence-corrected chi connectivity index (χ2v) is 0.798. The largest absolute Gasteiger partial charge is 0.510 e. The fraction of sp³-hybridized carbons (Fsp3) is 0. The molecular weight excluding hydrogens is 114 g/mol. The van der Waals surface area contributed by atoms with Gasteiger partial charge >= 0.3 is 5.96 Å². The second-order valence-electron chi connectivity index (χ2n) is 0.798. The Morgan fingerprint density at radius 2 is 2.38 bits per heavy atom. The lowest BCUT2D eigenvalue weighted by atomic mass is 11.1. The molecule has 7 nitrogen and oxygen atoms in total. The maximum atomic E-state index is 9.54. The Morgan fingerprint density at radius 1 is 1.88 bits per heavy atom. The van der Waals surface area contributed by atoms with Gasteiger partial charge in [-0.25, -0.2) is 0 Å². The third-order valence-corrected chi connectivity index (χ3v) is 0.379. The van der Waals surface area contributed by atoms with Gasteiger partial charge in [-0.3, -0.25) is 5.84 Å². The Labute approximate surface area is 43.8 Å². The number of nitrogens with one attached hydrogen (secondary N) is 1. The first-order valence-corrected chi connectivity index (χ1v) is 1.52. The van der Waals surface area contributed by atoms with E-state index < -0.39 is 10.9 Å². The minimum absolute atomic E-state index is 0.898. The Bertz CT molecular complexity index is 137. The van der Waals surface area contributed by atoms with Crippen molar-refractivity contribution in [2.45, 2.75) is 0 Å². The molecule has 0 fully saturated rings. The van der Waals surface area contributed by atoms with Gasteiger partial charge in [0.15, 0.2) is 0 Å². The summed E-state index contributed by atoms with van der Waals surface area (Å²) in [6.07, 6.45) is 0. The van der Waals surface area contributed by atoms with Crippen molar-refractivity contribution in [2.24, 2.45) is 16.1 Å². The van der Waals surface area contributed by atoms with Crippen LogP contribution in [0.3, 0.4) is 0 Å². The molecule has 0 saturated heterocycles. The first-order valence-electron chi connectivity index (χ1n) is 1.52. The number of nitrogens with zero attached hydrogens (tertiary/aromatic N) is 3. The zero-order chi connectivity index (χ0) is 6.57. The van der Waals surface area contributed by atoms with E-state index in [1.807, 2.05) is 0 Å². The summed E-state index contributed by atoms with van der Waals surface area (Å²) in [5.41, 5.74) is 6.06. The second kappa shape index (κ2) is 2.61. The molecular formula is CH3N5O2. The quantitative estimate of drug-likeness (QED) is 0.111. The molecule has 0 bridgehead atoms. The highest BCUT2D eigenvalue weighted by molar-refractivity contribution is 5.70. The number of hydrogen-bond donors (Lipinski definition) is 2. The van der Waals surface area contributed by atoms with Crippen LogP contribution in [-0.4, -0.2) is 10.9 Å². The average molecular weight is 117 g/mol. The van der Waals surface area contributed by atoms with Crippen molar-refractivity contribution in [3.05, 3.63) is 10.1 Å². The summed E-state index contributed by atoms with van der Waals surface area (Å²) in [4.78, 5) is 8.59. The zero-order valence-electron chi connectivity index (χ0n) is 3.74. The number of nitro groups is 1. The summed E-state index contributed by atoms with van der Waals surface area (Å²) in [6.45, 7) is 0. The first kappa shape index (κ1) is 6.47. The zero-order valence-corrected chi connectivity index (χ0v) is 3.74. The number of nitrogens with two attached hydrogens (primary N) is 1. The van der Waals surface area contributed by atoms with E-state index in [9.17, 15) is 10.1 Å². The Balaban J connectivity index is 4.13. The predicted molar refractivity (Wildman–Crippen MR) is 23.8 cm³/mol. The van der Waals surface area contributed by atoms with Crippen LogP contribution in [0.1, 0.15) is 0 Å². The van der Waals surface area contributed by atoms with Gasteiger partial charge in [-0.2, -0.15) is 0 Å². The van der Waals surface area contributed by atoms with Crippen molar-refractivity contribution in [3.63, 3.8) is 0 Å². The molecule has 0 aromatic carbocycles. The highest BCUT2D eigenvalue weighted by Gasteiger charge is 2.06. The Morgan fingerprint density at radius 3 is 2.38 bits per heavy atom. The monoisotopic (exact) mass is 117 g/mol. The summed E-state index contributed by atoms with van der Waals surface area (Å²) >= 11 is 0. The van der Waals surface area contributed by atoms with Crippen LogP contribution in [-0.2, 0) is 0 Å². The maximum Gasteiger partial charge on any atom is 0.510 e. The summed E-state index contributed by atoms with van der Waals surface area (Å²) < 4.78 is 0. The van der Waals surface area contributed by atoms with E-state index >= 15 is 0 Å². The molecule has 0 unspecified atom stereocenters. The van der Waals surface area contributed by atoms with E-state index in [1.165, 1.54) is 0 Å². The fourth-order valence-electron chi connectivity index (χ4n) is 0.117. The van der Waals surface area contributed by atoms with E-state index in [4.69, 9.17) is 5.53 Å². The minimum Gasteiger partial charge on any atom is -0.390 e. The third-order valence-electron chi connectivity index (χ3n) is 0.379. The molecule has 0 aliphatic carbocycles. The molecule has 0 atom stereocenters. The van der Waals surface area contributed by atoms with E-state index in [0.717, 1.165) is 0 Å². The fourth-order valence-corrected chi connectivity index (χ4v) is 0.117. The summed E-state index contributed by atoms with van der Waals surface area (Å²) in [7, 11) is 0. The van der Waals surface area contributed by atoms with Gasteiger partial charge in [0, 0.05) is 10.2 Å².